The van der Waals surface area contributed by atoms with E-state index in [-0.39, 0.29) is 5.69 Å². The van der Waals surface area contributed by atoms with Crippen LogP contribution in [0.2, 0.25) is 0 Å². The molecule has 1 aromatic rings. The second kappa shape index (κ2) is 3.18. The zero-order chi connectivity index (χ0) is 10.1. The fraction of sp³-hybridized carbons (Fsp3) is 0.500. The zero-order valence-corrected chi connectivity index (χ0v) is 7.79. The fourth-order valence-corrected chi connectivity index (χ4v) is 0.833. The molecule has 1 aromatic heterocycles. The molecule has 0 bridgehead atoms. The van der Waals surface area contributed by atoms with Crippen LogP contribution in [-0.4, -0.2) is 28.2 Å². The van der Waals surface area contributed by atoms with E-state index < -0.39 is 11.6 Å². The van der Waals surface area contributed by atoms with Crippen LogP contribution in [0.1, 0.15) is 30.2 Å². The second-order valence-corrected chi connectivity index (χ2v) is 3.17. The number of aromatic carboxylic acids is 1. The Bertz CT molecular complexity index is 317. The Kier molecular flexibility index (Phi) is 2.38. The van der Waals surface area contributed by atoms with Gasteiger partial charge in [-0.15, -0.1) is 0 Å². The predicted octanol–water partition coefficient (Wildman–Crippen LogP) is 0.989. The standard InChI is InChI=1S/C8H12N2O3/c1-8(2,13-3)7-9-4-5(10-7)6(11)12/h4H,1-3H3,(H,9,10)(H,11,12). The van der Waals surface area contributed by atoms with Crippen LogP contribution in [0.25, 0.3) is 0 Å². The Morgan fingerprint density at radius 2 is 2.31 bits per heavy atom. The number of carbonyl (C=O) groups is 1. The molecule has 5 nitrogen and oxygen atoms in total. The van der Waals surface area contributed by atoms with Crippen molar-refractivity contribution in [1.82, 2.24) is 9.97 Å². The molecule has 0 unspecified atom stereocenters. The molecule has 2 N–H and O–H groups in total. The summed E-state index contributed by atoms with van der Waals surface area (Å²) in [6.07, 6.45) is 1.28. The van der Waals surface area contributed by atoms with Crippen molar-refractivity contribution in [3.8, 4) is 0 Å². The maximum Gasteiger partial charge on any atom is 0.353 e. The summed E-state index contributed by atoms with van der Waals surface area (Å²) in [5.74, 6) is -0.516. The van der Waals surface area contributed by atoms with Gasteiger partial charge in [-0.1, -0.05) is 0 Å². The van der Waals surface area contributed by atoms with Gasteiger partial charge in [-0.3, -0.25) is 0 Å². The average Bonchev–Trinajstić information content (AvgIpc) is 2.52. The van der Waals surface area contributed by atoms with Crippen molar-refractivity contribution in [3.05, 3.63) is 17.7 Å². The Morgan fingerprint density at radius 3 is 2.69 bits per heavy atom. The van der Waals surface area contributed by atoms with Crippen LogP contribution >= 0.6 is 0 Å². The quantitative estimate of drug-likeness (QED) is 0.734. The van der Waals surface area contributed by atoms with Crippen LogP contribution in [0.5, 0.6) is 0 Å². The van der Waals surface area contributed by atoms with Crippen LogP contribution in [0.4, 0.5) is 0 Å². The van der Waals surface area contributed by atoms with E-state index in [1.165, 1.54) is 6.20 Å². The first-order valence-corrected chi connectivity index (χ1v) is 3.81. The number of carboxylic acid groups (broad SMARTS) is 1. The number of methoxy groups -OCH3 is 1. The van der Waals surface area contributed by atoms with Crippen LogP contribution < -0.4 is 0 Å². The molecule has 13 heavy (non-hydrogen) atoms. The van der Waals surface area contributed by atoms with E-state index >= 15 is 0 Å². The van der Waals surface area contributed by atoms with Gasteiger partial charge in [0.25, 0.3) is 0 Å². The van der Waals surface area contributed by atoms with Gasteiger partial charge in [0.05, 0.1) is 6.20 Å². The summed E-state index contributed by atoms with van der Waals surface area (Å²) < 4.78 is 5.13. The van der Waals surface area contributed by atoms with E-state index in [0.717, 1.165) is 0 Å². The van der Waals surface area contributed by atoms with Gasteiger partial charge in [0.15, 0.2) is 0 Å². The lowest BCUT2D eigenvalue weighted by Crippen LogP contribution is -2.21. The van der Waals surface area contributed by atoms with Gasteiger partial charge >= 0.3 is 5.97 Å². The molecular weight excluding hydrogens is 172 g/mol. The van der Waals surface area contributed by atoms with Gasteiger partial charge in [-0.25, -0.2) is 9.78 Å². The number of carboxylic acids is 1. The van der Waals surface area contributed by atoms with Crippen molar-refractivity contribution in [2.45, 2.75) is 19.4 Å². The lowest BCUT2D eigenvalue weighted by Gasteiger charge is -2.19. The van der Waals surface area contributed by atoms with Crippen molar-refractivity contribution in [2.24, 2.45) is 0 Å². The van der Waals surface area contributed by atoms with E-state index in [9.17, 15) is 4.79 Å². The first kappa shape index (κ1) is 9.73. The minimum absolute atomic E-state index is 0.0696. The highest BCUT2D eigenvalue weighted by Crippen LogP contribution is 2.20. The van der Waals surface area contributed by atoms with Gasteiger partial charge in [-0.2, -0.15) is 0 Å². The average molecular weight is 184 g/mol. The Balaban J connectivity index is 2.98. The van der Waals surface area contributed by atoms with Gasteiger partial charge in [0, 0.05) is 7.11 Å². The van der Waals surface area contributed by atoms with E-state index in [4.69, 9.17) is 9.84 Å². The molecule has 0 radical (unpaired) electrons. The molecule has 0 fully saturated rings. The summed E-state index contributed by atoms with van der Waals surface area (Å²) in [6, 6.07) is 0. The normalized spacial score (nSPS) is 11.6. The number of hydrogen-bond donors (Lipinski definition) is 2. The smallest absolute Gasteiger partial charge is 0.353 e. The summed E-state index contributed by atoms with van der Waals surface area (Å²) >= 11 is 0. The molecule has 0 aliphatic heterocycles. The molecule has 5 heteroatoms. The number of imidazole rings is 1. The van der Waals surface area contributed by atoms with E-state index in [0.29, 0.717) is 5.82 Å². The van der Waals surface area contributed by atoms with Crippen LogP contribution in [-0.2, 0) is 10.3 Å². The number of H-pyrrole nitrogens is 1. The van der Waals surface area contributed by atoms with Crippen molar-refractivity contribution in [1.29, 1.82) is 0 Å². The maximum absolute atomic E-state index is 10.5. The number of aromatic nitrogens is 2. The number of aromatic amines is 1. The molecule has 1 rings (SSSR count). The molecule has 0 atom stereocenters. The van der Waals surface area contributed by atoms with Crippen molar-refractivity contribution in [2.75, 3.05) is 7.11 Å². The molecule has 0 amide bonds. The number of rotatable bonds is 3. The zero-order valence-electron chi connectivity index (χ0n) is 7.79. The fourth-order valence-electron chi connectivity index (χ4n) is 0.833. The third-order valence-corrected chi connectivity index (χ3v) is 1.89. The van der Waals surface area contributed by atoms with Gasteiger partial charge in [0.1, 0.15) is 17.1 Å². The van der Waals surface area contributed by atoms with Crippen molar-refractivity contribution in [3.63, 3.8) is 0 Å². The number of nitrogens with zero attached hydrogens (tertiary/aromatic N) is 1. The molecule has 1 heterocycles. The summed E-state index contributed by atoms with van der Waals surface area (Å²) in [7, 11) is 1.54. The third kappa shape index (κ3) is 1.86. The largest absolute Gasteiger partial charge is 0.477 e. The highest BCUT2D eigenvalue weighted by molar-refractivity contribution is 5.85. The molecule has 0 saturated heterocycles. The molecule has 0 aromatic carbocycles. The molecule has 0 aliphatic rings. The van der Waals surface area contributed by atoms with Gasteiger partial charge < -0.3 is 14.8 Å². The molecular formula is C8H12N2O3. The van der Waals surface area contributed by atoms with Crippen LogP contribution in [0, 0.1) is 0 Å². The van der Waals surface area contributed by atoms with Crippen LogP contribution in [0.15, 0.2) is 6.20 Å². The summed E-state index contributed by atoms with van der Waals surface area (Å²) in [4.78, 5) is 17.1. The van der Waals surface area contributed by atoms with Crippen molar-refractivity contribution < 1.29 is 14.6 Å². The van der Waals surface area contributed by atoms with E-state index in [1.807, 2.05) is 0 Å². The molecule has 72 valence electrons. The summed E-state index contributed by atoms with van der Waals surface area (Å²) in [6.45, 7) is 3.61. The van der Waals surface area contributed by atoms with Crippen molar-refractivity contribution >= 4 is 5.97 Å². The number of nitrogens with one attached hydrogen (secondary N) is 1. The third-order valence-electron chi connectivity index (χ3n) is 1.89. The first-order chi connectivity index (χ1) is 5.97. The topological polar surface area (TPSA) is 75.2 Å². The predicted molar refractivity (Wildman–Crippen MR) is 45.6 cm³/mol. The Hall–Kier alpha value is -1.36. The first-order valence-electron chi connectivity index (χ1n) is 3.81. The van der Waals surface area contributed by atoms with E-state index in [1.54, 1.807) is 21.0 Å². The molecule has 0 spiro atoms. The molecule has 0 saturated carbocycles. The Labute approximate surface area is 75.8 Å². The Morgan fingerprint density at radius 1 is 1.69 bits per heavy atom. The highest BCUT2D eigenvalue weighted by Gasteiger charge is 2.24. The summed E-state index contributed by atoms with van der Waals surface area (Å²) in [5, 5.41) is 8.62. The number of ether oxygens (including phenoxy) is 1. The highest BCUT2D eigenvalue weighted by atomic mass is 16.5. The molecule has 0 aliphatic carbocycles. The lowest BCUT2D eigenvalue weighted by molar-refractivity contribution is 0.0121. The monoisotopic (exact) mass is 184 g/mol. The van der Waals surface area contributed by atoms with E-state index in [2.05, 4.69) is 9.97 Å². The maximum atomic E-state index is 10.5. The SMILES string of the molecule is COC(C)(C)c1ncc(C(=O)O)[nH]1. The minimum atomic E-state index is -1.02. The van der Waals surface area contributed by atoms with Crippen LogP contribution in [0.3, 0.4) is 0 Å². The summed E-state index contributed by atoms with van der Waals surface area (Å²) in [5.41, 5.74) is -0.520. The lowest BCUT2D eigenvalue weighted by atomic mass is 10.1. The number of hydrogen-bond acceptors (Lipinski definition) is 3. The van der Waals surface area contributed by atoms with Gasteiger partial charge in [-0.05, 0) is 13.8 Å². The van der Waals surface area contributed by atoms with Gasteiger partial charge in [0.2, 0.25) is 0 Å². The second-order valence-electron chi connectivity index (χ2n) is 3.17. The minimum Gasteiger partial charge on any atom is -0.477 e.